The number of benzene rings is 1. The lowest BCUT2D eigenvalue weighted by molar-refractivity contribution is -0.131. The van der Waals surface area contributed by atoms with Gasteiger partial charge in [0, 0.05) is 44.0 Å². The van der Waals surface area contributed by atoms with Gasteiger partial charge < -0.3 is 10.2 Å². The quantitative estimate of drug-likeness (QED) is 0.904. The first kappa shape index (κ1) is 16.8. The Morgan fingerprint density at radius 1 is 1.17 bits per heavy atom. The molecule has 2 heterocycles. The van der Waals surface area contributed by atoms with E-state index < -0.39 is 0 Å². The van der Waals surface area contributed by atoms with Crippen LogP contribution in [0.1, 0.15) is 18.4 Å². The molecule has 0 saturated carbocycles. The van der Waals surface area contributed by atoms with E-state index in [1.165, 1.54) is 5.01 Å². The van der Waals surface area contributed by atoms with Gasteiger partial charge in [0.2, 0.25) is 5.91 Å². The zero-order valence-electron chi connectivity index (χ0n) is 13.6. The first-order valence-corrected chi connectivity index (χ1v) is 9.43. The van der Waals surface area contributed by atoms with Crippen LogP contribution >= 0.6 is 11.8 Å². The van der Waals surface area contributed by atoms with E-state index in [0.717, 1.165) is 35.9 Å². The summed E-state index contributed by atoms with van der Waals surface area (Å²) < 4.78 is 0. The molecule has 7 heteroatoms. The summed E-state index contributed by atoms with van der Waals surface area (Å²) in [6, 6.07) is 9.86. The highest BCUT2D eigenvalue weighted by Crippen LogP contribution is 2.14. The number of hydrogen-bond donors (Lipinski definition) is 1. The Morgan fingerprint density at radius 3 is 2.67 bits per heavy atom. The van der Waals surface area contributed by atoms with Gasteiger partial charge >= 0.3 is 6.03 Å². The molecule has 2 aliphatic heterocycles. The van der Waals surface area contributed by atoms with Gasteiger partial charge in [0.05, 0.1) is 12.3 Å². The van der Waals surface area contributed by atoms with Crippen LogP contribution in [0, 0.1) is 0 Å². The highest BCUT2D eigenvalue weighted by Gasteiger charge is 2.22. The fraction of sp³-hybridized carbons (Fsp3) is 0.471. The topological polar surface area (TPSA) is 65.0 Å². The van der Waals surface area contributed by atoms with Crippen LogP contribution in [-0.4, -0.2) is 65.2 Å². The van der Waals surface area contributed by atoms with Crippen LogP contribution in [0.15, 0.2) is 35.4 Å². The van der Waals surface area contributed by atoms with Crippen LogP contribution in [0.4, 0.5) is 4.79 Å². The van der Waals surface area contributed by atoms with Crippen molar-refractivity contribution in [3.63, 3.8) is 0 Å². The van der Waals surface area contributed by atoms with Crippen molar-refractivity contribution in [3.05, 3.63) is 35.9 Å². The summed E-state index contributed by atoms with van der Waals surface area (Å²) in [5, 5.41) is 8.85. The maximum absolute atomic E-state index is 12.1. The van der Waals surface area contributed by atoms with E-state index in [0.29, 0.717) is 25.9 Å². The molecule has 128 valence electrons. The molecule has 0 bridgehead atoms. The van der Waals surface area contributed by atoms with E-state index in [-0.39, 0.29) is 11.9 Å². The monoisotopic (exact) mass is 346 g/mol. The molecule has 1 fully saturated rings. The largest absolute Gasteiger partial charge is 0.336 e. The summed E-state index contributed by atoms with van der Waals surface area (Å²) in [7, 11) is 0. The maximum atomic E-state index is 12.1. The zero-order chi connectivity index (χ0) is 16.8. The van der Waals surface area contributed by atoms with E-state index >= 15 is 0 Å². The lowest BCUT2D eigenvalue weighted by Gasteiger charge is -2.27. The number of urea groups is 1. The Kier molecular flexibility index (Phi) is 5.74. The molecule has 0 unspecified atom stereocenters. The first-order valence-electron chi connectivity index (χ1n) is 8.28. The molecular formula is C17H22N4O2S. The number of hydrazone groups is 1. The Hall–Kier alpha value is -2.02. The van der Waals surface area contributed by atoms with E-state index in [9.17, 15) is 9.59 Å². The normalized spacial score (nSPS) is 18.3. The molecule has 6 nitrogen and oxygen atoms in total. The van der Waals surface area contributed by atoms with Crippen LogP contribution in [0.5, 0.6) is 0 Å². The first-order chi connectivity index (χ1) is 11.7. The van der Waals surface area contributed by atoms with Gasteiger partial charge in [0.1, 0.15) is 0 Å². The second-order valence-corrected chi connectivity index (χ2v) is 6.99. The molecule has 1 aromatic carbocycles. The third-order valence-corrected chi connectivity index (χ3v) is 5.05. The minimum Gasteiger partial charge on any atom is -0.336 e. The molecular weight excluding hydrogens is 324 g/mol. The number of carbonyl (C=O) groups is 2. The number of rotatable bonds is 4. The van der Waals surface area contributed by atoms with Crippen molar-refractivity contribution in [1.29, 1.82) is 0 Å². The summed E-state index contributed by atoms with van der Waals surface area (Å²) in [5.74, 6) is 1.99. The Bertz CT molecular complexity index is 614. The second kappa shape index (κ2) is 8.19. The van der Waals surface area contributed by atoms with Crippen molar-refractivity contribution in [3.8, 4) is 0 Å². The van der Waals surface area contributed by atoms with Crippen molar-refractivity contribution in [2.24, 2.45) is 5.10 Å². The van der Waals surface area contributed by atoms with E-state index in [4.69, 9.17) is 0 Å². The molecule has 0 spiro atoms. The van der Waals surface area contributed by atoms with Crippen molar-refractivity contribution >= 4 is 29.4 Å². The fourth-order valence-electron chi connectivity index (χ4n) is 2.76. The van der Waals surface area contributed by atoms with Crippen molar-refractivity contribution < 1.29 is 9.59 Å². The zero-order valence-corrected chi connectivity index (χ0v) is 14.4. The van der Waals surface area contributed by atoms with Gasteiger partial charge in [-0.25, -0.2) is 9.80 Å². The third kappa shape index (κ3) is 4.29. The van der Waals surface area contributed by atoms with E-state index in [1.807, 2.05) is 47.0 Å². The molecule has 1 aromatic rings. The molecule has 2 aliphatic rings. The molecule has 0 radical (unpaired) electrons. The standard InChI is InChI=1S/C17H22N4O2S/c22-16-7-6-15(14-4-2-1-3-5-14)19-21(16)9-8-18-17(23)20-10-12-24-13-11-20/h1-5H,6-13H2,(H,18,23). The number of nitrogens with zero attached hydrogens (tertiary/aromatic N) is 3. The molecule has 1 N–H and O–H groups in total. The smallest absolute Gasteiger partial charge is 0.317 e. The minimum atomic E-state index is -0.0491. The summed E-state index contributed by atoms with van der Waals surface area (Å²) in [4.78, 5) is 25.9. The van der Waals surface area contributed by atoms with Crippen LogP contribution in [0.3, 0.4) is 0 Å². The van der Waals surface area contributed by atoms with Gasteiger partial charge in [-0.2, -0.15) is 16.9 Å². The van der Waals surface area contributed by atoms with Gasteiger partial charge in [0.15, 0.2) is 0 Å². The van der Waals surface area contributed by atoms with Crippen LogP contribution < -0.4 is 5.32 Å². The fourth-order valence-corrected chi connectivity index (χ4v) is 3.66. The molecule has 0 aliphatic carbocycles. The van der Waals surface area contributed by atoms with Gasteiger partial charge in [-0.3, -0.25) is 4.79 Å². The van der Waals surface area contributed by atoms with Crippen molar-refractivity contribution in [1.82, 2.24) is 15.2 Å². The van der Waals surface area contributed by atoms with E-state index in [2.05, 4.69) is 10.4 Å². The average molecular weight is 346 g/mol. The third-order valence-electron chi connectivity index (χ3n) is 4.11. The Morgan fingerprint density at radius 2 is 1.92 bits per heavy atom. The number of thioether (sulfide) groups is 1. The number of hydrogen-bond acceptors (Lipinski definition) is 4. The summed E-state index contributed by atoms with van der Waals surface area (Å²) in [6.45, 7) is 2.40. The van der Waals surface area contributed by atoms with Crippen molar-refractivity contribution in [2.75, 3.05) is 37.7 Å². The number of amides is 3. The molecule has 3 rings (SSSR count). The Labute approximate surface area is 146 Å². The maximum Gasteiger partial charge on any atom is 0.317 e. The minimum absolute atomic E-state index is 0.0123. The van der Waals surface area contributed by atoms with E-state index in [1.54, 1.807) is 0 Å². The predicted octanol–water partition coefficient (Wildman–Crippen LogP) is 1.77. The summed E-state index contributed by atoms with van der Waals surface area (Å²) in [6.07, 6.45) is 1.13. The van der Waals surface area contributed by atoms with Gasteiger partial charge in [-0.1, -0.05) is 30.3 Å². The van der Waals surface area contributed by atoms with Gasteiger partial charge in [-0.05, 0) is 5.56 Å². The van der Waals surface area contributed by atoms with Crippen LogP contribution in [0.25, 0.3) is 0 Å². The molecule has 0 atom stereocenters. The predicted molar refractivity (Wildman–Crippen MR) is 96.2 cm³/mol. The van der Waals surface area contributed by atoms with Crippen LogP contribution in [0.2, 0.25) is 0 Å². The average Bonchev–Trinajstić information content (AvgIpc) is 2.64. The highest BCUT2D eigenvalue weighted by molar-refractivity contribution is 7.99. The van der Waals surface area contributed by atoms with Gasteiger partial charge in [0.25, 0.3) is 0 Å². The summed E-state index contributed by atoms with van der Waals surface area (Å²) >= 11 is 1.87. The number of carbonyl (C=O) groups excluding carboxylic acids is 2. The molecule has 1 saturated heterocycles. The molecule has 3 amide bonds. The van der Waals surface area contributed by atoms with Crippen LogP contribution in [-0.2, 0) is 4.79 Å². The molecule has 0 aromatic heterocycles. The molecule has 24 heavy (non-hydrogen) atoms. The van der Waals surface area contributed by atoms with Gasteiger partial charge in [-0.15, -0.1) is 0 Å². The lowest BCUT2D eigenvalue weighted by Crippen LogP contribution is -2.46. The Balaban J connectivity index is 1.53. The second-order valence-electron chi connectivity index (χ2n) is 5.76. The SMILES string of the molecule is O=C(NCCN1N=C(c2ccccc2)CCC1=O)N1CCSCC1. The van der Waals surface area contributed by atoms with Crippen molar-refractivity contribution in [2.45, 2.75) is 12.8 Å². The summed E-state index contributed by atoms with van der Waals surface area (Å²) in [5.41, 5.74) is 1.97. The lowest BCUT2D eigenvalue weighted by atomic mass is 10.0. The number of nitrogens with one attached hydrogen (secondary N) is 1. The highest BCUT2D eigenvalue weighted by atomic mass is 32.2.